The molecule has 0 aliphatic carbocycles. The molecule has 0 unspecified atom stereocenters. The Kier molecular flexibility index (Phi) is 6.01. The summed E-state index contributed by atoms with van der Waals surface area (Å²) in [6, 6.07) is 0. The molecule has 0 N–H and O–H groups in total. The summed E-state index contributed by atoms with van der Waals surface area (Å²) < 4.78 is 18.0. The van der Waals surface area contributed by atoms with Gasteiger partial charge in [-0.1, -0.05) is 0 Å². The van der Waals surface area contributed by atoms with Crippen molar-refractivity contribution in [1.29, 1.82) is 0 Å². The fourth-order valence-corrected chi connectivity index (χ4v) is 15.3. The minimum absolute atomic E-state index is 0.680. The molecule has 0 rings (SSSR count). The molecule has 0 amide bonds. The maximum Gasteiger partial charge on any atom is 0.631 e. The van der Waals surface area contributed by atoms with Crippen molar-refractivity contribution in [2.24, 2.45) is 0 Å². The van der Waals surface area contributed by atoms with E-state index in [9.17, 15) is 0 Å². The first kappa shape index (κ1) is 15.6. The fraction of sp³-hybridized carbons (Fsp3) is 1.00. The summed E-state index contributed by atoms with van der Waals surface area (Å²) in [6.45, 7) is 17.0. The standard InChI is InChI=1S/C8H24O3Si4/c1-12(2)9-14(5,6)11-15(7,8)10-13(3)4/h1-8H3. The van der Waals surface area contributed by atoms with Crippen molar-refractivity contribution in [3.8, 4) is 0 Å². The minimum atomic E-state index is -1.97. The molecule has 0 aromatic rings. The highest BCUT2D eigenvalue weighted by Gasteiger charge is 2.45. The third-order valence-corrected chi connectivity index (χ3v) is 12.5. The summed E-state index contributed by atoms with van der Waals surface area (Å²) in [6.07, 6.45) is 0. The molecule has 0 aromatic heterocycles. The molecular formula is C8H24O3Si4. The van der Waals surface area contributed by atoms with Crippen molar-refractivity contribution in [2.75, 3.05) is 0 Å². The number of hydrogen-bond donors (Lipinski definition) is 0. The van der Waals surface area contributed by atoms with Crippen LogP contribution in [0, 0.1) is 0 Å². The van der Waals surface area contributed by atoms with Crippen LogP contribution in [-0.4, -0.2) is 34.8 Å². The second-order valence-electron chi connectivity index (χ2n) is 4.92. The lowest BCUT2D eigenvalue weighted by Gasteiger charge is -2.35. The van der Waals surface area contributed by atoms with Gasteiger partial charge in [-0.3, -0.25) is 0 Å². The Morgan fingerprint density at radius 3 is 1.87 bits per heavy atom. The van der Waals surface area contributed by atoms with Gasteiger partial charge in [0.15, 0.2) is 0 Å². The summed E-state index contributed by atoms with van der Waals surface area (Å²) in [7, 11) is -5.30. The maximum atomic E-state index is 6.13. The molecular weight excluding hydrogens is 256 g/mol. The zero-order chi connectivity index (χ0) is 12.3. The Bertz CT molecular complexity index is 234. The van der Waals surface area contributed by atoms with Crippen LogP contribution in [0.3, 0.4) is 0 Å². The van der Waals surface area contributed by atoms with Crippen LogP contribution in [-0.2, 0) is 12.0 Å². The van der Waals surface area contributed by atoms with Crippen LogP contribution < -0.4 is 0 Å². The fourth-order valence-electron chi connectivity index (χ4n) is 1.62. The number of hydrogen-bond acceptors (Lipinski definition) is 2. The Morgan fingerprint density at radius 1 is 1.07 bits per heavy atom. The smallest absolute Gasteiger partial charge is 0.610 e. The Balaban J connectivity index is 4.50. The van der Waals surface area contributed by atoms with E-state index in [1.807, 2.05) is 0 Å². The first-order valence-electron chi connectivity index (χ1n) is 5.22. The van der Waals surface area contributed by atoms with E-state index in [0.29, 0.717) is 0 Å². The van der Waals surface area contributed by atoms with Gasteiger partial charge in [-0.15, -0.1) is 9.04 Å². The van der Waals surface area contributed by atoms with Crippen LogP contribution in [0.4, 0.5) is 0 Å². The second kappa shape index (κ2) is 5.78. The molecule has 3 nitrogen and oxygen atoms in total. The summed E-state index contributed by atoms with van der Waals surface area (Å²) in [5, 5.41) is 0. The molecule has 0 radical (unpaired) electrons. The monoisotopic (exact) mass is 280 g/mol. The lowest BCUT2D eigenvalue weighted by Crippen LogP contribution is -2.49. The zero-order valence-electron chi connectivity index (χ0n) is 11.2. The minimum Gasteiger partial charge on any atom is -0.610 e. The molecule has 0 fully saturated rings. The summed E-state index contributed by atoms with van der Waals surface area (Å²) >= 11 is 0. The van der Waals surface area contributed by atoms with Gasteiger partial charge in [-0.25, -0.2) is 0 Å². The highest BCUT2D eigenvalue weighted by molar-refractivity contribution is 6.82. The zero-order valence-corrected chi connectivity index (χ0v) is 15.2. The van der Waals surface area contributed by atoms with Crippen molar-refractivity contribution in [3.63, 3.8) is 0 Å². The predicted octanol–water partition coefficient (Wildman–Crippen LogP) is 2.89. The lowest BCUT2D eigenvalue weighted by atomic mass is 11.9. The molecule has 0 atom stereocenters. The largest absolute Gasteiger partial charge is 0.631 e. The van der Waals surface area contributed by atoms with Crippen LogP contribution >= 0.6 is 0 Å². The summed E-state index contributed by atoms with van der Waals surface area (Å²) in [5.74, 6) is 0. The third kappa shape index (κ3) is 8.40. The Morgan fingerprint density at radius 2 is 1.53 bits per heavy atom. The van der Waals surface area contributed by atoms with Crippen molar-refractivity contribution < 1.29 is 12.0 Å². The van der Waals surface area contributed by atoms with Gasteiger partial charge in [0.05, 0.1) is 0 Å². The normalized spacial score (nSPS) is 13.1. The molecule has 90 valence electrons. The van der Waals surface area contributed by atoms with Crippen molar-refractivity contribution in [3.05, 3.63) is 0 Å². The molecule has 0 saturated heterocycles. The molecule has 0 saturated carbocycles. The van der Waals surface area contributed by atoms with E-state index in [4.69, 9.17) is 12.0 Å². The van der Waals surface area contributed by atoms with E-state index in [1.54, 1.807) is 0 Å². The van der Waals surface area contributed by atoms with Gasteiger partial charge in [-0.05, 0) is 13.1 Å². The SMILES string of the molecule is C[Si](C)=[O+][Si](C)(C)O[Si](C)(C)O[Si-](C)C. The second-order valence-corrected chi connectivity index (χ2v) is 16.6. The van der Waals surface area contributed by atoms with Crippen molar-refractivity contribution in [2.45, 2.75) is 52.4 Å². The maximum absolute atomic E-state index is 6.13. The van der Waals surface area contributed by atoms with E-state index >= 15 is 0 Å². The Hall–Kier alpha value is 0.588. The summed E-state index contributed by atoms with van der Waals surface area (Å²) in [5.41, 5.74) is 0. The van der Waals surface area contributed by atoms with E-state index in [1.165, 1.54) is 0 Å². The molecule has 0 heterocycles. The first-order valence-corrected chi connectivity index (χ1v) is 15.7. The lowest BCUT2D eigenvalue weighted by molar-refractivity contribution is 0.232. The Labute approximate surface area is 99.4 Å². The topological polar surface area (TPSA) is 29.8 Å². The van der Waals surface area contributed by atoms with Crippen LogP contribution in [0.1, 0.15) is 0 Å². The van der Waals surface area contributed by atoms with Crippen LogP contribution in [0.15, 0.2) is 0 Å². The molecule has 15 heavy (non-hydrogen) atoms. The predicted molar refractivity (Wildman–Crippen MR) is 72.8 cm³/mol. The van der Waals surface area contributed by atoms with Gasteiger partial charge in [-0.2, -0.15) is 13.1 Å². The van der Waals surface area contributed by atoms with Gasteiger partial charge in [0.2, 0.25) is 0 Å². The molecule has 0 bridgehead atoms. The van der Waals surface area contributed by atoms with Crippen molar-refractivity contribution in [1.82, 2.24) is 0 Å². The van der Waals surface area contributed by atoms with Gasteiger partial charge in [0.1, 0.15) is 0 Å². The highest BCUT2D eigenvalue weighted by atomic mass is 28.5. The first-order chi connectivity index (χ1) is 6.54. The van der Waals surface area contributed by atoms with E-state index in [2.05, 4.69) is 52.4 Å². The third-order valence-electron chi connectivity index (χ3n) is 1.39. The van der Waals surface area contributed by atoms with E-state index in [0.717, 1.165) is 0 Å². The average Bonchev–Trinajstić information content (AvgIpc) is 1.73. The molecule has 0 spiro atoms. The van der Waals surface area contributed by atoms with E-state index < -0.39 is 34.8 Å². The van der Waals surface area contributed by atoms with E-state index in [-0.39, 0.29) is 0 Å². The van der Waals surface area contributed by atoms with Crippen LogP contribution in [0.2, 0.25) is 52.4 Å². The quantitative estimate of drug-likeness (QED) is 0.572. The van der Waals surface area contributed by atoms with Crippen molar-refractivity contribution >= 4 is 34.8 Å². The van der Waals surface area contributed by atoms with Crippen LogP contribution in [0.25, 0.3) is 0 Å². The molecule has 0 aliphatic rings. The number of rotatable bonds is 5. The van der Waals surface area contributed by atoms with Gasteiger partial charge in [0, 0.05) is 26.2 Å². The van der Waals surface area contributed by atoms with Gasteiger partial charge < -0.3 is 12.0 Å². The van der Waals surface area contributed by atoms with Gasteiger partial charge >= 0.3 is 17.2 Å². The molecule has 7 heteroatoms. The average molecular weight is 281 g/mol. The van der Waals surface area contributed by atoms with Crippen LogP contribution in [0.5, 0.6) is 0 Å². The highest BCUT2D eigenvalue weighted by Crippen LogP contribution is 2.15. The molecule has 0 aliphatic heterocycles. The molecule has 0 aromatic carbocycles. The summed E-state index contributed by atoms with van der Waals surface area (Å²) in [4.78, 5) is 0. The van der Waals surface area contributed by atoms with Gasteiger partial charge in [0.25, 0.3) is 8.56 Å².